The maximum Gasteiger partial charge on any atom is 0.259 e. The van der Waals surface area contributed by atoms with Gasteiger partial charge in [-0.2, -0.15) is 0 Å². The molecule has 0 bridgehead atoms. The fraction of sp³-hybridized carbons (Fsp3) is 0.0769. The van der Waals surface area contributed by atoms with Crippen LogP contribution in [0.4, 0.5) is 10.1 Å². The fourth-order valence-electron chi connectivity index (χ4n) is 3.34. The highest BCUT2D eigenvalue weighted by Gasteiger charge is 2.17. The summed E-state index contributed by atoms with van der Waals surface area (Å²) in [5.41, 5.74) is 2.70. The zero-order valence-electron chi connectivity index (χ0n) is 17.8. The van der Waals surface area contributed by atoms with Crippen molar-refractivity contribution in [2.75, 3.05) is 12.4 Å². The van der Waals surface area contributed by atoms with Crippen LogP contribution in [0.15, 0.2) is 85.3 Å². The number of methoxy groups -OCH3 is 1. The van der Waals surface area contributed by atoms with Crippen molar-refractivity contribution in [3.05, 3.63) is 108 Å². The molecule has 0 spiro atoms. The number of benzene rings is 2. The molecule has 0 aliphatic carbocycles. The minimum atomic E-state index is -0.412. The molecule has 2 heterocycles. The predicted molar refractivity (Wildman–Crippen MR) is 123 cm³/mol. The molecule has 0 atom stereocenters. The zero-order valence-corrected chi connectivity index (χ0v) is 17.8. The van der Waals surface area contributed by atoms with Crippen LogP contribution < -0.4 is 10.1 Å². The lowest BCUT2D eigenvalue weighted by molar-refractivity contribution is 0.0993. The van der Waals surface area contributed by atoms with Gasteiger partial charge in [0.25, 0.3) is 5.91 Å². The first-order valence-electron chi connectivity index (χ1n) is 10.2. The van der Waals surface area contributed by atoms with Crippen LogP contribution in [0.1, 0.15) is 26.3 Å². The highest BCUT2D eigenvalue weighted by atomic mass is 19.1. The van der Waals surface area contributed by atoms with E-state index in [-0.39, 0.29) is 23.6 Å². The van der Waals surface area contributed by atoms with Crippen LogP contribution in [0, 0.1) is 5.82 Å². The first-order chi connectivity index (χ1) is 16.0. The fourth-order valence-corrected chi connectivity index (χ4v) is 3.34. The average molecular weight is 441 g/mol. The molecule has 1 N–H and O–H groups in total. The Kier molecular flexibility index (Phi) is 6.50. The van der Waals surface area contributed by atoms with Crippen molar-refractivity contribution < 1.29 is 18.7 Å². The van der Waals surface area contributed by atoms with E-state index >= 15 is 0 Å². The number of nitrogens with one attached hydrogen (secondary N) is 1. The first-order valence-corrected chi connectivity index (χ1v) is 10.2. The molecule has 0 saturated heterocycles. The molecule has 7 heteroatoms. The number of ketones is 1. The van der Waals surface area contributed by atoms with E-state index in [2.05, 4.69) is 15.3 Å². The Hall–Kier alpha value is -4.39. The number of amides is 1. The third-order valence-electron chi connectivity index (χ3n) is 5.02. The third kappa shape index (κ3) is 5.10. The van der Waals surface area contributed by atoms with Gasteiger partial charge >= 0.3 is 0 Å². The lowest BCUT2D eigenvalue weighted by Crippen LogP contribution is -2.15. The number of hydrogen-bond acceptors (Lipinski definition) is 5. The summed E-state index contributed by atoms with van der Waals surface area (Å²) >= 11 is 0. The molecular formula is C26H20FN3O3. The van der Waals surface area contributed by atoms with Crippen LogP contribution in [0.5, 0.6) is 5.75 Å². The van der Waals surface area contributed by atoms with E-state index in [1.807, 2.05) is 0 Å². The molecule has 0 aliphatic rings. The number of pyridine rings is 2. The Bertz CT molecular complexity index is 1290. The van der Waals surface area contributed by atoms with E-state index in [1.165, 1.54) is 25.4 Å². The van der Waals surface area contributed by atoms with Crippen molar-refractivity contribution in [2.24, 2.45) is 0 Å². The van der Waals surface area contributed by atoms with Gasteiger partial charge in [0.15, 0.2) is 5.78 Å². The predicted octanol–water partition coefficient (Wildman–Crippen LogP) is 4.97. The summed E-state index contributed by atoms with van der Waals surface area (Å²) in [6.45, 7) is 0. The Morgan fingerprint density at radius 2 is 1.85 bits per heavy atom. The topological polar surface area (TPSA) is 81.2 Å². The van der Waals surface area contributed by atoms with Crippen molar-refractivity contribution >= 4 is 17.4 Å². The van der Waals surface area contributed by atoms with E-state index in [4.69, 9.17) is 4.74 Å². The Morgan fingerprint density at radius 1 is 1.00 bits per heavy atom. The molecule has 164 valence electrons. The number of halogens is 1. The molecule has 4 aromatic rings. The van der Waals surface area contributed by atoms with Gasteiger partial charge in [-0.15, -0.1) is 0 Å². The summed E-state index contributed by atoms with van der Waals surface area (Å²) in [4.78, 5) is 33.9. The molecule has 0 fully saturated rings. The van der Waals surface area contributed by atoms with Gasteiger partial charge in [-0.05, 0) is 54.1 Å². The van der Waals surface area contributed by atoms with Gasteiger partial charge in [0, 0.05) is 29.9 Å². The molecule has 6 nitrogen and oxygen atoms in total. The number of Topliss-reactive ketones (excluding diaryl/α,β-unsaturated/α-hetero) is 1. The highest BCUT2D eigenvalue weighted by Crippen LogP contribution is 2.23. The standard InChI is InChI=1S/C26H20FN3O3/c1-33-25-11-9-18(14-21(25)26(32)30-19-5-4-12-28-16-19)24(31)13-17-8-10-23(29-15-17)20-6-2-3-7-22(20)27/h2-12,14-16H,13H2,1H3,(H,30,32). The molecule has 33 heavy (non-hydrogen) atoms. The number of anilines is 1. The minimum absolute atomic E-state index is 0.0839. The summed E-state index contributed by atoms with van der Waals surface area (Å²) in [5, 5.41) is 2.74. The molecule has 0 radical (unpaired) electrons. The van der Waals surface area contributed by atoms with Crippen LogP contribution in [-0.4, -0.2) is 28.8 Å². The van der Waals surface area contributed by atoms with E-state index in [0.29, 0.717) is 33.8 Å². The van der Waals surface area contributed by atoms with Crippen LogP contribution in [0.2, 0.25) is 0 Å². The maximum absolute atomic E-state index is 14.0. The minimum Gasteiger partial charge on any atom is -0.496 e. The molecule has 1 amide bonds. The van der Waals surface area contributed by atoms with Gasteiger partial charge in [-0.3, -0.25) is 19.6 Å². The van der Waals surface area contributed by atoms with Crippen molar-refractivity contribution in [1.29, 1.82) is 0 Å². The van der Waals surface area contributed by atoms with Gasteiger partial charge < -0.3 is 10.1 Å². The van der Waals surface area contributed by atoms with Crippen LogP contribution >= 0.6 is 0 Å². The number of rotatable bonds is 7. The van der Waals surface area contributed by atoms with Crippen LogP contribution in [0.3, 0.4) is 0 Å². The first kappa shape index (κ1) is 21.8. The van der Waals surface area contributed by atoms with E-state index in [9.17, 15) is 14.0 Å². The summed E-state index contributed by atoms with van der Waals surface area (Å²) < 4.78 is 19.3. The van der Waals surface area contributed by atoms with E-state index < -0.39 is 5.91 Å². The second-order valence-corrected chi connectivity index (χ2v) is 7.24. The van der Waals surface area contributed by atoms with Gasteiger partial charge in [0.05, 0.1) is 30.3 Å². The molecule has 0 aliphatic heterocycles. The third-order valence-corrected chi connectivity index (χ3v) is 5.02. The quantitative estimate of drug-likeness (QED) is 0.410. The second-order valence-electron chi connectivity index (χ2n) is 7.24. The van der Waals surface area contributed by atoms with Crippen molar-refractivity contribution in [1.82, 2.24) is 9.97 Å². The summed E-state index contributed by atoms with van der Waals surface area (Å²) in [6, 6.07) is 17.9. The number of nitrogens with zero attached hydrogens (tertiary/aromatic N) is 2. The summed E-state index contributed by atoms with van der Waals surface area (Å²) in [7, 11) is 1.46. The van der Waals surface area contributed by atoms with Gasteiger partial charge in [0.2, 0.25) is 0 Å². The lowest BCUT2D eigenvalue weighted by atomic mass is 10.0. The number of ether oxygens (including phenoxy) is 1. The SMILES string of the molecule is COc1ccc(C(=O)Cc2ccc(-c3ccccc3F)nc2)cc1C(=O)Nc1cccnc1. The molecule has 2 aromatic heterocycles. The summed E-state index contributed by atoms with van der Waals surface area (Å²) in [5.74, 6) is -0.605. The Balaban J connectivity index is 1.52. The Labute approximate surface area is 190 Å². The van der Waals surface area contributed by atoms with E-state index in [1.54, 1.807) is 67.0 Å². The molecule has 0 unspecified atom stereocenters. The number of carbonyl (C=O) groups is 2. The molecule has 2 aromatic carbocycles. The van der Waals surface area contributed by atoms with E-state index in [0.717, 1.165) is 0 Å². The smallest absolute Gasteiger partial charge is 0.259 e. The number of aromatic nitrogens is 2. The van der Waals surface area contributed by atoms with Crippen LogP contribution in [-0.2, 0) is 6.42 Å². The monoisotopic (exact) mass is 441 g/mol. The Morgan fingerprint density at radius 3 is 2.55 bits per heavy atom. The van der Waals surface area contributed by atoms with Crippen LogP contribution in [0.25, 0.3) is 11.3 Å². The van der Waals surface area contributed by atoms with Gasteiger partial charge in [-0.25, -0.2) is 4.39 Å². The average Bonchev–Trinajstić information content (AvgIpc) is 2.85. The van der Waals surface area contributed by atoms with Crippen molar-refractivity contribution in [3.8, 4) is 17.0 Å². The highest BCUT2D eigenvalue weighted by molar-refractivity contribution is 6.08. The zero-order chi connectivity index (χ0) is 23.2. The molecular weight excluding hydrogens is 421 g/mol. The van der Waals surface area contributed by atoms with Crippen molar-refractivity contribution in [3.63, 3.8) is 0 Å². The maximum atomic E-state index is 14.0. The van der Waals surface area contributed by atoms with Gasteiger partial charge in [0.1, 0.15) is 11.6 Å². The normalized spacial score (nSPS) is 10.5. The second kappa shape index (κ2) is 9.82. The summed E-state index contributed by atoms with van der Waals surface area (Å²) in [6.07, 6.45) is 4.77. The largest absolute Gasteiger partial charge is 0.496 e. The molecule has 0 saturated carbocycles. The number of carbonyl (C=O) groups excluding carboxylic acids is 2. The number of hydrogen-bond donors (Lipinski definition) is 1. The lowest BCUT2D eigenvalue weighted by Gasteiger charge is -2.11. The van der Waals surface area contributed by atoms with Crippen molar-refractivity contribution in [2.45, 2.75) is 6.42 Å². The molecule has 4 rings (SSSR count). The van der Waals surface area contributed by atoms with Gasteiger partial charge in [-0.1, -0.05) is 18.2 Å².